The Balaban J connectivity index is 2.04. The normalized spacial score (nSPS) is 16.8. The van der Waals surface area contributed by atoms with Gasteiger partial charge in [0.05, 0.1) is 12.6 Å². The van der Waals surface area contributed by atoms with Crippen LogP contribution in [0.15, 0.2) is 18.2 Å². The largest absolute Gasteiger partial charge is 0.496 e. The molecule has 2 rings (SSSR count). The van der Waals surface area contributed by atoms with E-state index in [-0.39, 0.29) is 5.91 Å². The fourth-order valence-electron chi connectivity index (χ4n) is 2.03. The predicted molar refractivity (Wildman–Crippen MR) is 70.6 cm³/mol. The SMILES string of the molecule is COc1cccc(Cl)c1CNC(=O)C1(N)CCC1. The molecule has 18 heavy (non-hydrogen) atoms. The quantitative estimate of drug-likeness (QED) is 0.876. The van der Waals surface area contributed by atoms with Crippen molar-refractivity contribution in [3.05, 3.63) is 28.8 Å². The highest BCUT2D eigenvalue weighted by Gasteiger charge is 2.39. The van der Waals surface area contributed by atoms with Crippen LogP contribution in [-0.2, 0) is 11.3 Å². The van der Waals surface area contributed by atoms with Crippen LogP contribution in [0.5, 0.6) is 5.75 Å². The average Bonchev–Trinajstić information content (AvgIpc) is 2.33. The van der Waals surface area contributed by atoms with Gasteiger partial charge in [0.15, 0.2) is 0 Å². The Labute approximate surface area is 111 Å². The van der Waals surface area contributed by atoms with E-state index in [1.807, 2.05) is 12.1 Å². The highest BCUT2D eigenvalue weighted by atomic mass is 35.5. The zero-order chi connectivity index (χ0) is 13.2. The Morgan fingerprint density at radius 2 is 2.28 bits per heavy atom. The van der Waals surface area contributed by atoms with Gasteiger partial charge in [0.2, 0.25) is 5.91 Å². The molecule has 0 atom stereocenters. The van der Waals surface area contributed by atoms with E-state index in [1.165, 1.54) is 0 Å². The minimum Gasteiger partial charge on any atom is -0.496 e. The number of methoxy groups -OCH3 is 1. The summed E-state index contributed by atoms with van der Waals surface area (Å²) in [5.74, 6) is 0.554. The summed E-state index contributed by atoms with van der Waals surface area (Å²) in [5.41, 5.74) is 6.03. The summed E-state index contributed by atoms with van der Waals surface area (Å²) in [6.07, 6.45) is 2.51. The van der Waals surface area contributed by atoms with Crippen molar-refractivity contribution in [3.8, 4) is 5.75 Å². The molecule has 0 saturated heterocycles. The molecular formula is C13H17ClN2O2. The number of amides is 1. The van der Waals surface area contributed by atoms with Crippen LogP contribution < -0.4 is 15.8 Å². The average molecular weight is 269 g/mol. The molecule has 3 N–H and O–H groups in total. The van der Waals surface area contributed by atoms with Gasteiger partial charge in [0.1, 0.15) is 5.75 Å². The number of nitrogens with one attached hydrogen (secondary N) is 1. The van der Waals surface area contributed by atoms with Gasteiger partial charge in [-0.05, 0) is 31.4 Å². The molecule has 0 aromatic heterocycles. The summed E-state index contributed by atoms with van der Waals surface area (Å²) in [4.78, 5) is 11.9. The van der Waals surface area contributed by atoms with Crippen molar-refractivity contribution in [2.24, 2.45) is 5.73 Å². The van der Waals surface area contributed by atoms with Gasteiger partial charge in [0.25, 0.3) is 0 Å². The van der Waals surface area contributed by atoms with Crippen LogP contribution in [0, 0.1) is 0 Å². The molecule has 4 nitrogen and oxygen atoms in total. The topological polar surface area (TPSA) is 64.3 Å². The number of nitrogens with two attached hydrogens (primary N) is 1. The van der Waals surface area contributed by atoms with Gasteiger partial charge in [-0.1, -0.05) is 17.7 Å². The predicted octanol–water partition coefficient (Wildman–Crippen LogP) is 1.85. The van der Waals surface area contributed by atoms with Crippen molar-refractivity contribution in [3.63, 3.8) is 0 Å². The molecule has 98 valence electrons. The van der Waals surface area contributed by atoms with E-state index < -0.39 is 5.54 Å². The van der Waals surface area contributed by atoms with Crippen LogP contribution in [-0.4, -0.2) is 18.6 Å². The molecule has 1 aliphatic rings. The first-order valence-corrected chi connectivity index (χ1v) is 6.33. The second-order valence-corrected chi connectivity index (χ2v) is 5.02. The number of rotatable bonds is 4. The van der Waals surface area contributed by atoms with Crippen molar-refractivity contribution in [1.82, 2.24) is 5.32 Å². The zero-order valence-corrected chi connectivity index (χ0v) is 11.1. The lowest BCUT2D eigenvalue weighted by Crippen LogP contribution is -2.58. The van der Waals surface area contributed by atoms with E-state index >= 15 is 0 Å². The van der Waals surface area contributed by atoms with E-state index in [4.69, 9.17) is 22.1 Å². The molecule has 1 fully saturated rings. The summed E-state index contributed by atoms with van der Waals surface area (Å²) < 4.78 is 5.22. The van der Waals surface area contributed by atoms with Crippen molar-refractivity contribution in [2.45, 2.75) is 31.3 Å². The summed E-state index contributed by atoms with van der Waals surface area (Å²) in [5, 5.41) is 3.41. The lowest BCUT2D eigenvalue weighted by molar-refractivity contribution is -0.129. The Bertz CT molecular complexity index is 458. The molecular weight excluding hydrogens is 252 g/mol. The minimum absolute atomic E-state index is 0.115. The number of ether oxygens (including phenoxy) is 1. The fourth-order valence-corrected chi connectivity index (χ4v) is 2.26. The first-order chi connectivity index (χ1) is 8.57. The lowest BCUT2D eigenvalue weighted by Gasteiger charge is -2.36. The molecule has 0 radical (unpaired) electrons. The van der Waals surface area contributed by atoms with Crippen LogP contribution in [0.2, 0.25) is 5.02 Å². The third-order valence-corrected chi connectivity index (χ3v) is 3.77. The van der Waals surface area contributed by atoms with Gasteiger partial charge >= 0.3 is 0 Å². The second kappa shape index (κ2) is 5.16. The second-order valence-electron chi connectivity index (χ2n) is 4.61. The van der Waals surface area contributed by atoms with Crippen molar-refractivity contribution in [1.29, 1.82) is 0 Å². The molecule has 1 aromatic carbocycles. The van der Waals surface area contributed by atoms with Crippen molar-refractivity contribution >= 4 is 17.5 Å². The van der Waals surface area contributed by atoms with Crippen LogP contribution in [0.1, 0.15) is 24.8 Å². The third kappa shape index (κ3) is 2.44. The molecule has 0 heterocycles. The highest BCUT2D eigenvalue weighted by molar-refractivity contribution is 6.31. The molecule has 0 spiro atoms. The first kappa shape index (κ1) is 13.2. The molecule has 1 aliphatic carbocycles. The molecule has 1 aromatic rings. The number of carbonyl (C=O) groups is 1. The van der Waals surface area contributed by atoms with Gasteiger partial charge < -0.3 is 15.8 Å². The van der Waals surface area contributed by atoms with Gasteiger partial charge in [-0.2, -0.15) is 0 Å². The molecule has 0 bridgehead atoms. The van der Waals surface area contributed by atoms with E-state index in [9.17, 15) is 4.79 Å². The monoisotopic (exact) mass is 268 g/mol. The van der Waals surface area contributed by atoms with Crippen molar-refractivity contribution in [2.75, 3.05) is 7.11 Å². The maximum Gasteiger partial charge on any atom is 0.240 e. The minimum atomic E-state index is -0.686. The van der Waals surface area contributed by atoms with E-state index in [0.29, 0.717) is 17.3 Å². The molecule has 0 aliphatic heterocycles. The van der Waals surface area contributed by atoms with Crippen LogP contribution in [0.4, 0.5) is 0 Å². The van der Waals surface area contributed by atoms with Crippen LogP contribution in [0.3, 0.4) is 0 Å². The Kier molecular flexibility index (Phi) is 3.78. The Hall–Kier alpha value is -1.26. The van der Waals surface area contributed by atoms with Crippen molar-refractivity contribution < 1.29 is 9.53 Å². The molecule has 1 amide bonds. The Morgan fingerprint density at radius 3 is 2.83 bits per heavy atom. The number of hydrogen-bond acceptors (Lipinski definition) is 3. The number of halogens is 1. The van der Waals surface area contributed by atoms with Crippen LogP contribution in [0.25, 0.3) is 0 Å². The standard InChI is InChI=1S/C13H17ClN2O2/c1-18-11-5-2-4-10(14)9(11)8-16-12(17)13(15)6-3-7-13/h2,4-5H,3,6-8,15H2,1H3,(H,16,17). The van der Waals surface area contributed by atoms with Gasteiger partial charge in [0, 0.05) is 17.1 Å². The first-order valence-electron chi connectivity index (χ1n) is 5.95. The highest BCUT2D eigenvalue weighted by Crippen LogP contribution is 2.30. The maximum absolute atomic E-state index is 11.9. The summed E-state index contributed by atoms with van der Waals surface area (Å²) >= 11 is 6.09. The fraction of sp³-hybridized carbons (Fsp3) is 0.462. The summed E-state index contributed by atoms with van der Waals surface area (Å²) in [6.45, 7) is 0.334. The van der Waals surface area contributed by atoms with E-state index in [0.717, 1.165) is 24.8 Å². The summed E-state index contributed by atoms with van der Waals surface area (Å²) in [7, 11) is 1.58. The number of carbonyl (C=O) groups excluding carboxylic acids is 1. The van der Waals surface area contributed by atoms with Gasteiger partial charge in [-0.3, -0.25) is 4.79 Å². The third-order valence-electron chi connectivity index (χ3n) is 3.42. The van der Waals surface area contributed by atoms with E-state index in [1.54, 1.807) is 13.2 Å². The summed E-state index contributed by atoms with van der Waals surface area (Å²) in [6, 6.07) is 5.39. The number of hydrogen-bond donors (Lipinski definition) is 2. The Morgan fingerprint density at radius 1 is 1.56 bits per heavy atom. The maximum atomic E-state index is 11.9. The van der Waals surface area contributed by atoms with E-state index in [2.05, 4.69) is 5.32 Å². The smallest absolute Gasteiger partial charge is 0.240 e. The molecule has 0 unspecified atom stereocenters. The van der Waals surface area contributed by atoms with Gasteiger partial charge in [-0.15, -0.1) is 0 Å². The van der Waals surface area contributed by atoms with Gasteiger partial charge in [-0.25, -0.2) is 0 Å². The zero-order valence-electron chi connectivity index (χ0n) is 10.3. The molecule has 1 saturated carbocycles. The number of benzene rings is 1. The molecule has 5 heteroatoms. The lowest BCUT2D eigenvalue weighted by atomic mass is 9.77. The van der Waals surface area contributed by atoms with Crippen LogP contribution >= 0.6 is 11.6 Å².